The first-order chi connectivity index (χ1) is 9.69. The van der Waals surface area contributed by atoms with Gasteiger partial charge in [-0.2, -0.15) is 0 Å². The summed E-state index contributed by atoms with van der Waals surface area (Å²) in [5.74, 6) is 1.07. The highest BCUT2D eigenvalue weighted by Crippen LogP contribution is 2.16. The van der Waals surface area contributed by atoms with Crippen LogP contribution in [-0.4, -0.2) is 49.0 Å². The van der Waals surface area contributed by atoms with Crippen LogP contribution >= 0.6 is 24.0 Å². The van der Waals surface area contributed by atoms with E-state index >= 15 is 0 Å². The minimum absolute atomic E-state index is 0. The number of halogens is 1. The molecule has 6 heteroatoms. The van der Waals surface area contributed by atoms with Crippen molar-refractivity contribution < 1.29 is 4.79 Å². The standard InChI is InChI=1S/C15H30N4O.HI/c1-4-10-17-15(16-5-2)18-11-9-14(20)19-12-7-6-8-13(19)3;/h13H,4-12H2,1-3H3,(H2,16,17,18);1H. The third-order valence-electron chi connectivity index (χ3n) is 3.59. The number of likely N-dealkylation sites (tertiary alicyclic amines) is 1. The number of hydrogen-bond donors (Lipinski definition) is 2. The number of carbonyl (C=O) groups excluding carboxylic acids is 1. The Kier molecular flexibility index (Phi) is 11.8. The molecule has 0 aromatic carbocycles. The molecular weight excluding hydrogens is 379 g/mol. The number of carbonyl (C=O) groups is 1. The fourth-order valence-corrected chi connectivity index (χ4v) is 2.47. The van der Waals surface area contributed by atoms with Gasteiger partial charge in [0.25, 0.3) is 0 Å². The van der Waals surface area contributed by atoms with Crippen molar-refractivity contribution in [3.63, 3.8) is 0 Å². The summed E-state index contributed by atoms with van der Waals surface area (Å²) in [6.45, 7) is 9.52. The lowest BCUT2D eigenvalue weighted by molar-refractivity contribution is -0.134. The SMILES string of the molecule is CCCN=C(NCC)NCCC(=O)N1CCCCC1C.I. The third-order valence-corrected chi connectivity index (χ3v) is 3.59. The Labute approximate surface area is 146 Å². The van der Waals surface area contributed by atoms with Crippen molar-refractivity contribution in [1.29, 1.82) is 0 Å². The number of guanidine groups is 1. The summed E-state index contributed by atoms with van der Waals surface area (Å²) in [5.41, 5.74) is 0. The van der Waals surface area contributed by atoms with E-state index in [2.05, 4.69) is 29.5 Å². The van der Waals surface area contributed by atoms with Crippen molar-refractivity contribution in [2.45, 2.75) is 58.9 Å². The maximum atomic E-state index is 12.2. The Morgan fingerprint density at radius 2 is 2.05 bits per heavy atom. The molecule has 1 heterocycles. The van der Waals surface area contributed by atoms with Gasteiger partial charge in [0.05, 0.1) is 0 Å². The molecule has 1 amide bonds. The van der Waals surface area contributed by atoms with Gasteiger partial charge in [0, 0.05) is 38.6 Å². The second-order valence-electron chi connectivity index (χ2n) is 5.37. The topological polar surface area (TPSA) is 56.7 Å². The van der Waals surface area contributed by atoms with E-state index < -0.39 is 0 Å². The van der Waals surface area contributed by atoms with Gasteiger partial charge in [0.15, 0.2) is 5.96 Å². The molecule has 0 saturated carbocycles. The molecule has 0 aromatic rings. The molecular formula is C15H31IN4O. The van der Waals surface area contributed by atoms with Crippen LogP contribution in [0.1, 0.15) is 52.9 Å². The van der Waals surface area contributed by atoms with Crippen LogP contribution < -0.4 is 10.6 Å². The highest BCUT2D eigenvalue weighted by atomic mass is 127. The Bertz CT molecular complexity index is 323. The molecule has 0 radical (unpaired) electrons. The lowest BCUT2D eigenvalue weighted by Crippen LogP contribution is -2.44. The van der Waals surface area contributed by atoms with E-state index in [4.69, 9.17) is 0 Å². The van der Waals surface area contributed by atoms with Gasteiger partial charge in [-0.05, 0) is 39.5 Å². The van der Waals surface area contributed by atoms with Crippen LogP contribution in [0, 0.1) is 0 Å². The predicted octanol–water partition coefficient (Wildman–Crippen LogP) is 2.36. The van der Waals surface area contributed by atoms with Gasteiger partial charge in [-0.1, -0.05) is 6.92 Å². The molecule has 1 aliphatic rings. The fraction of sp³-hybridized carbons (Fsp3) is 0.867. The molecule has 1 fully saturated rings. The summed E-state index contributed by atoms with van der Waals surface area (Å²) < 4.78 is 0. The minimum atomic E-state index is 0. The monoisotopic (exact) mass is 410 g/mol. The van der Waals surface area contributed by atoms with Gasteiger partial charge in [0.2, 0.25) is 5.91 Å². The third kappa shape index (κ3) is 7.87. The smallest absolute Gasteiger partial charge is 0.224 e. The second-order valence-corrected chi connectivity index (χ2v) is 5.37. The zero-order valence-corrected chi connectivity index (χ0v) is 16.0. The summed E-state index contributed by atoms with van der Waals surface area (Å²) in [6.07, 6.45) is 5.10. The molecule has 1 rings (SSSR count). The molecule has 0 aromatic heterocycles. The van der Waals surface area contributed by atoms with E-state index in [1.807, 2.05) is 11.8 Å². The van der Waals surface area contributed by atoms with Crippen molar-refractivity contribution in [2.24, 2.45) is 4.99 Å². The van der Waals surface area contributed by atoms with Crippen LogP contribution in [0.5, 0.6) is 0 Å². The quantitative estimate of drug-likeness (QED) is 0.402. The number of nitrogens with zero attached hydrogens (tertiary/aromatic N) is 2. The van der Waals surface area contributed by atoms with Crippen molar-refractivity contribution in [3.05, 3.63) is 0 Å². The number of hydrogen-bond acceptors (Lipinski definition) is 2. The van der Waals surface area contributed by atoms with E-state index in [-0.39, 0.29) is 29.9 Å². The maximum Gasteiger partial charge on any atom is 0.224 e. The molecule has 5 nitrogen and oxygen atoms in total. The van der Waals surface area contributed by atoms with Crippen LogP contribution in [0.2, 0.25) is 0 Å². The maximum absolute atomic E-state index is 12.2. The van der Waals surface area contributed by atoms with Gasteiger partial charge in [-0.25, -0.2) is 0 Å². The summed E-state index contributed by atoms with van der Waals surface area (Å²) >= 11 is 0. The Hall–Kier alpha value is -0.530. The summed E-state index contributed by atoms with van der Waals surface area (Å²) in [5, 5.41) is 6.43. The predicted molar refractivity (Wildman–Crippen MR) is 99.3 cm³/mol. The number of piperidine rings is 1. The zero-order chi connectivity index (χ0) is 14.8. The average Bonchev–Trinajstić information content (AvgIpc) is 2.45. The zero-order valence-electron chi connectivity index (χ0n) is 13.7. The molecule has 1 atom stereocenters. The van der Waals surface area contributed by atoms with Gasteiger partial charge in [-0.15, -0.1) is 24.0 Å². The highest BCUT2D eigenvalue weighted by molar-refractivity contribution is 14.0. The van der Waals surface area contributed by atoms with Gasteiger partial charge < -0.3 is 15.5 Å². The molecule has 1 unspecified atom stereocenters. The number of aliphatic imine (C=N–C) groups is 1. The van der Waals surface area contributed by atoms with Gasteiger partial charge in [0.1, 0.15) is 0 Å². The first-order valence-electron chi connectivity index (χ1n) is 8.00. The Morgan fingerprint density at radius 1 is 1.29 bits per heavy atom. The van der Waals surface area contributed by atoms with Crippen molar-refractivity contribution in [1.82, 2.24) is 15.5 Å². The number of nitrogens with one attached hydrogen (secondary N) is 2. The van der Waals surface area contributed by atoms with Crippen LogP contribution in [0.4, 0.5) is 0 Å². The van der Waals surface area contributed by atoms with Crippen molar-refractivity contribution in [2.75, 3.05) is 26.2 Å². The van der Waals surface area contributed by atoms with Crippen molar-refractivity contribution >= 4 is 35.8 Å². The molecule has 0 aliphatic carbocycles. The van der Waals surface area contributed by atoms with E-state index in [0.717, 1.165) is 44.9 Å². The van der Waals surface area contributed by atoms with E-state index in [1.165, 1.54) is 6.42 Å². The Balaban J connectivity index is 0.00000400. The molecule has 0 spiro atoms. The van der Waals surface area contributed by atoms with E-state index in [0.29, 0.717) is 19.0 Å². The number of rotatable bonds is 6. The van der Waals surface area contributed by atoms with Crippen LogP contribution in [0.25, 0.3) is 0 Å². The average molecular weight is 410 g/mol. The minimum Gasteiger partial charge on any atom is -0.357 e. The Morgan fingerprint density at radius 3 is 2.67 bits per heavy atom. The number of amides is 1. The molecule has 0 bridgehead atoms. The first-order valence-corrected chi connectivity index (χ1v) is 8.00. The molecule has 1 aliphatic heterocycles. The highest BCUT2D eigenvalue weighted by Gasteiger charge is 2.22. The van der Waals surface area contributed by atoms with E-state index in [1.54, 1.807) is 0 Å². The van der Waals surface area contributed by atoms with E-state index in [9.17, 15) is 4.79 Å². The molecule has 124 valence electrons. The molecule has 2 N–H and O–H groups in total. The summed E-state index contributed by atoms with van der Waals surface area (Å²) in [7, 11) is 0. The normalized spacial score (nSPS) is 18.9. The van der Waals surface area contributed by atoms with Crippen LogP contribution in [-0.2, 0) is 4.79 Å². The summed E-state index contributed by atoms with van der Waals surface area (Å²) in [6, 6.07) is 0.401. The van der Waals surface area contributed by atoms with Gasteiger partial charge in [-0.3, -0.25) is 9.79 Å². The molecule has 21 heavy (non-hydrogen) atoms. The largest absolute Gasteiger partial charge is 0.357 e. The first kappa shape index (κ1) is 20.5. The van der Waals surface area contributed by atoms with Gasteiger partial charge >= 0.3 is 0 Å². The van der Waals surface area contributed by atoms with Crippen LogP contribution in [0.3, 0.4) is 0 Å². The van der Waals surface area contributed by atoms with Crippen LogP contribution in [0.15, 0.2) is 4.99 Å². The summed E-state index contributed by atoms with van der Waals surface area (Å²) in [4.78, 5) is 18.6. The second kappa shape index (κ2) is 12.1. The van der Waals surface area contributed by atoms with Crippen molar-refractivity contribution in [3.8, 4) is 0 Å². The lowest BCUT2D eigenvalue weighted by atomic mass is 10.0. The molecule has 1 saturated heterocycles. The lowest BCUT2D eigenvalue weighted by Gasteiger charge is -2.33. The fourth-order valence-electron chi connectivity index (χ4n) is 2.47.